The molecule has 0 unspecified atom stereocenters. The summed E-state index contributed by atoms with van der Waals surface area (Å²) in [5.41, 5.74) is -0.0758. The van der Waals surface area contributed by atoms with Crippen molar-refractivity contribution in [1.29, 1.82) is 0 Å². The summed E-state index contributed by atoms with van der Waals surface area (Å²) in [5.74, 6) is -2.76. The number of halogens is 4. The third-order valence-electron chi connectivity index (χ3n) is 1.68. The first-order valence-corrected chi connectivity index (χ1v) is 4.78. The van der Waals surface area contributed by atoms with Crippen molar-refractivity contribution in [2.75, 3.05) is 17.7 Å². The minimum Gasteiger partial charge on any atom is -0.379 e. The molecule has 0 atom stereocenters. The third-order valence-corrected chi connectivity index (χ3v) is 1.85. The van der Waals surface area contributed by atoms with Crippen LogP contribution in [0.15, 0.2) is 24.3 Å². The average molecular weight is 236 g/mol. The Morgan fingerprint density at radius 3 is 2.40 bits per heavy atom. The van der Waals surface area contributed by atoms with E-state index < -0.39 is 17.5 Å². The van der Waals surface area contributed by atoms with Gasteiger partial charge in [-0.25, -0.2) is 13.2 Å². The topological polar surface area (TPSA) is 12.0 Å². The number of alkyl halides is 1. The molecular formula is C10H9ClF3N. The van der Waals surface area contributed by atoms with E-state index in [2.05, 4.69) is 5.32 Å². The minimum absolute atomic E-state index is 0.0758. The molecule has 1 aromatic carbocycles. The molecule has 1 rings (SSSR count). The Balaban J connectivity index is 2.69. The maximum absolute atomic E-state index is 13.0. The van der Waals surface area contributed by atoms with Crippen LogP contribution in [-0.4, -0.2) is 12.4 Å². The number of nitrogens with one attached hydrogen (secondary N) is 1. The molecule has 82 valence electrons. The summed E-state index contributed by atoms with van der Waals surface area (Å²) in [4.78, 5) is 0. The lowest BCUT2D eigenvalue weighted by molar-refractivity contribution is 0.496. The molecule has 0 radical (unpaired) electrons. The van der Waals surface area contributed by atoms with Gasteiger partial charge in [0.15, 0.2) is 11.6 Å². The molecule has 0 amide bonds. The zero-order valence-corrected chi connectivity index (χ0v) is 8.49. The van der Waals surface area contributed by atoms with Crippen LogP contribution >= 0.6 is 11.6 Å². The molecule has 0 aliphatic rings. The quantitative estimate of drug-likeness (QED) is 0.480. The average Bonchev–Trinajstić information content (AvgIpc) is 2.20. The van der Waals surface area contributed by atoms with E-state index in [-0.39, 0.29) is 5.69 Å². The SMILES string of the molecule is Fc1cc(F)c(NC/C=C/CCl)cc1F. The Morgan fingerprint density at radius 2 is 1.73 bits per heavy atom. The van der Waals surface area contributed by atoms with Gasteiger partial charge >= 0.3 is 0 Å². The third kappa shape index (κ3) is 3.47. The van der Waals surface area contributed by atoms with Gasteiger partial charge in [-0.1, -0.05) is 12.2 Å². The van der Waals surface area contributed by atoms with Crippen molar-refractivity contribution in [3.8, 4) is 0 Å². The molecule has 0 fully saturated rings. The summed E-state index contributed by atoms with van der Waals surface area (Å²) in [6.07, 6.45) is 3.32. The number of benzene rings is 1. The molecule has 1 N–H and O–H groups in total. The van der Waals surface area contributed by atoms with Gasteiger partial charge in [0.2, 0.25) is 0 Å². The van der Waals surface area contributed by atoms with Crippen LogP contribution in [-0.2, 0) is 0 Å². The molecule has 0 saturated heterocycles. The van der Waals surface area contributed by atoms with Gasteiger partial charge in [0.25, 0.3) is 0 Å². The number of hydrogen-bond acceptors (Lipinski definition) is 1. The van der Waals surface area contributed by atoms with Crippen molar-refractivity contribution in [3.63, 3.8) is 0 Å². The van der Waals surface area contributed by atoms with E-state index in [0.717, 1.165) is 6.07 Å². The molecule has 0 bridgehead atoms. The fraction of sp³-hybridized carbons (Fsp3) is 0.200. The van der Waals surface area contributed by atoms with E-state index in [9.17, 15) is 13.2 Å². The van der Waals surface area contributed by atoms with Crippen molar-refractivity contribution in [1.82, 2.24) is 0 Å². The van der Waals surface area contributed by atoms with Crippen molar-refractivity contribution < 1.29 is 13.2 Å². The predicted octanol–water partition coefficient (Wildman–Crippen LogP) is 3.31. The molecule has 5 heteroatoms. The van der Waals surface area contributed by atoms with Crippen molar-refractivity contribution in [2.45, 2.75) is 0 Å². The highest BCUT2D eigenvalue weighted by Gasteiger charge is 2.08. The van der Waals surface area contributed by atoms with Crippen LogP contribution in [0, 0.1) is 17.5 Å². The smallest absolute Gasteiger partial charge is 0.161 e. The first-order valence-electron chi connectivity index (χ1n) is 4.24. The van der Waals surface area contributed by atoms with Crippen LogP contribution in [0.1, 0.15) is 0 Å². The van der Waals surface area contributed by atoms with Gasteiger partial charge in [-0.05, 0) is 0 Å². The molecule has 15 heavy (non-hydrogen) atoms. The van der Waals surface area contributed by atoms with Crippen LogP contribution in [0.5, 0.6) is 0 Å². The molecule has 0 aliphatic carbocycles. The Hall–Kier alpha value is -1.16. The van der Waals surface area contributed by atoms with E-state index in [0.29, 0.717) is 18.5 Å². The van der Waals surface area contributed by atoms with Crippen molar-refractivity contribution in [3.05, 3.63) is 41.7 Å². The van der Waals surface area contributed by atoms with E-state index >= 15 is 0 Å². The molecule has 1 aromatic rings. The summed E-state index contributed by atoms with van der Waals surface area (Å²) in [5, 5.41) is 2.59. The largest absolute Gasteiger partial charge is 0.379 e. The molecule has 0 saturated carbocycles. The number of anilines is 1. The second-order valence-electron chi connectivity index (χ2n) is 2.75. The van der Waals surface area contributed by atoms with Crippen LogP contribution in [0.2, 0.25) is 0 Å². The summed E-state index contributed by atoms with van der Waals surface area (Å²) >= 11 is 5.36. The summed E-state index contributed by atoms with van der Waals surface area (Å²) < 4.78 is 38.3. The lowest BCUT2D eigenvalue weighted by atomic mass is 10.3. The van der Waals surface area contributed by atoms with Gasteiger partial charge in [0.1, 0.15) is 5.82 Å². The van der Waals surface area contributed by atoms with Crippen molar-refractivity contribution in [2.24, 2.45) is 0 Å². The number of hydrogen-bond donors (Lipinski definition) is 1. The van der Waals surface area contributed by atoms with Gasteiger partial charge < -0.3 is 5.32 Å². The fourth-order valence-electron chi connectivity index (χ4n) is 0.973. The highest BCUT2D eigenvalue weighted by atomic mass is 35.5. The van der Waals surface area contributed by atoms with E-state index in [4.69, 9.17) is 11.6 Å². The molecule has 0 heterocycles. The normalized spacial score (nSPS) is 10.9. The standard InChI is InChI=1S/C10H9ClF3N/c11-3-1-2-4-15-10-6-8(13)7(12)5-9(10)14/h1-2,5-6,15H,3-4H2/b2-1+. The molecular weight excluding hydrogens is 227 g/mol. The highest BCUT2D eigenvalue weighted by molar-refractivity contribution is 6.18. The van der Waals surface area contributed by atoms with Crippen LogP contribution < -0.4 is 5.32 Å². The van der Waals surface area contributed by atoms with E-state index in [1.165, 1.54) is 0 Å². The van der Waals surface area contributed by atoms with E-state index in [1.807, 2.05) is 0 Å². The van der Waals surface area contributed by atoms with E-state index in [1.54, 1.807) is 12.2 Å². The predicted molar refractivity (Wildman–Crippen MR) is 54.7 cm³/mol. The summed E-state index contributed by atoms with van der Waals surface area (Å²) in [6, 6.07) is 1.28. The van der Waals surface area contributed by atoms with Crippen LogP contribution in [0.3, 0.4) is 0 Å². The van der Waals surface area contributed by atoms with Gasteiger partial charge in [-0.15, -0.1) is 11.6 Å². The summed E-state index contributed by atoms with van der Waals surface area (Å²) in [6.45, 7) is 0.300. The summed E-state index contributed by atoms with van der Waals surface area (Å²) in [7, 11) is 0. The highest BCUT2D eigenvalue weighted by Crippen LogP contribution is 2.17. The Kier molecular flexibility index (Phi) is 4.49. The molecule has 1 nitrogen and oxygen atoms in total. The van der Waals surface area contributed by atoms with Crippen LogP contribution in [0.4, 0.5) is 18.9 Å². The lowest BCUT2D eigenvalue weighted by Gasteiger charge is -2.05. The van der Waals surface area contributed by atoms with Crippen molar-refractivity contribution >= 4 is 17.3 Å². The first kappa shape index (κ1) is 11.9. The maximum Gasteiger partial charge on any atom is 0.161 e. The fourth-order valence-corrected chi connectivity index (χ4v) is 1.10. The maximum atomic E-state index is 13.0. The zero-order valence-electron chi connectivity index (χ0n) is 7.74. The molecule has 0 aliphatic heterocycles. The second kappa shape index (κ2) is 5.66. The first-order chi connectivity index (χ1) is 7.15. The zero-order chi connectivity index (χ0) is 11.3. The second-order valence-corrected chi connectivity index (χ2v) is 3.06. The monoisotopic (exact) mass is 235 g/mol. The van der Waals surface area contributed by atoms with Gasteiger partial charge in [0, 0.05) is 24.6 Å². The molecule has 0 spiro atoms. The van der Waals surface area contributed by atoms with Gasteiger partial charge in [-0.2, -0.15) is 0 Å². The number of rotatable bonds is 4. The van der Waals surface area contributed by atoms with Gasteiger partial charge in [-0.3, -0.25) is 0 Å². The van der Waals surface area contributed by atoms with Crippen LogP contribution in [0.25, 0.3) is 0 Å². The Morgan fingerprint density at radius 1 is 1.07 bits per heavy atom. The lowest BCUT2D eigenvalue weighted by Crippen LogP contribution is -2.02. The molecule has 0 aromatic heterocycles. The number of allylic oxidation sites excluding steroid dienone is 1. The Bertz CT molecular complexity index is 366. The van der Waals surface area contributed by atoms with Gasteiger partial charge in [0.05, 0.1) is 5.69 Å². The Labute approximate surface area is 90.6 Å². The minimum atomic E-state index is -1.20.